The average molecular weight is 164 g/mol. The molecule has 0 heterocycles. The normalized spacial score (nSPS) is 21.9. The molecule has 0 aromatic heterocycles. The number of hydrogen-bond acceptors (Lipinski definition) is 2. The summed E-state index contributed by atoms with van der Waals surface area (Å²) in [4.78, 5) is 0. The molecule has 12 heavy (non-hydrogen) atoms. The van der Waals surface area contributed by atoms with Crippen LogP contribution >= 0.6 is 0 Å². The van der Waals surface area contributed by atoms with Crippen molar-refractivity contribution in [1.29, 1.82) is 0 Å². The minimum Gasteiger partial charge on any atom is -0.508 e. The van der Waals surface area contributed by atoms with E-state index >= 15 is 0 Å². The second-order valence-corrected chi connectivity index (χ2v) is 3.35. The van der Waals surface area contributed by atoms with E-state index in [0.717, 1.165) is 18.4 Å². The standard InChI is InChI=1S/C10H12O2/c11-9-3-1-7-2-4-10(12)6-8(7)5-9/h1,3,5,10-12H,2,4,6H2/t10-/m0/s1. The summed E-state index contributed by atoms with van der Waals surface area (Å²) in [5.41, 5.74) is 2.35. The first kappa shape index (κ1) is 7.62. The molecule has 1 aromatic carbocycles. The molecule has 1 aliphatic carbocycles. The van der Waals surface area contributed by atoms with E-state index in [9.17, 15) is 10.2 Å². The number of benzene rings is 1. The van der Waals surface area contributed by atoms with Crippen molar-refractivity contribution in [3.63, 3.8) is 0 Å². The third kappa shape index (κ3) is 1.30. The monoisotopic (exact) mass is 164 g/mol. The van der Waals surface area contributed by atoms with Crippen LogP contribution in [0.2, 0.25) is 0 Å². The predicted molar refractivity (Wildman–Crippen MR) is 46.1 cm³/mol. The summed E-state index contributed by atoms with van der Waals surface area (Å²) in [5.74, 6) is 0.294. The van der Waals surface area contributed by atoms with Crippen LogP contribution in [0, 0.1) is 0 Å². The molecule has 0 amide bonds. The zero-order chi connectivity index (χ0) is 8.55. The first-order valence-corrected chi connectivity index (χ1v) is 4.24. The van der Waals surface area contributed by atoms with Gasteiger partial charge in [0.1, 0.15) is 5.75 Å². The van der Waals surface area contributed by atoms with E-state index in [0.29, 0.717) is 12.2 Å². The lowest BCUT2D eigenvalue weighted by Gasteiger charge is -2.20. The highest BCUT2D eigenvalue weighted by atomic mass is 16.3. The second-order valence-electron chi connectivity index (χ2n) is 3.35. The highest BCUT2D eigenvalue weighted by molar-refractivity contribution is 5.36. The van der Waals surface area contributed by atoms with Gasteiger partial charge in [-0.15, -0.1) is 0 Å². The molecular weight excluding hydrogens is 152 g/mol. The minimum atomic E-state index is -0.223. The van der Waals surface area contributed by atoms with Crippen LogP contribution < -0.4 is 0 Å². The zero-order valence-electron chi connectivity index (χ0n) is 6.83. The van der Waals surface area contributed by atoms with Crippen LogP contribution in [0.1, 0.15) is 17.5 Å². The van der Waals surface area contributed by atoms with Gasteiger partial charge in [-0.2, -0.15) is 0 Å². The number of aliphatic hydroxyl groups is 1. The van der Waals surface area contributed by atoms with Crippen LogP contribution in [-0.4, -0.2) is 16.3 Å². The van der Waals surface area contributed by atoms with Gasteiger partial charge in [-0.25, -0.2) is 0 Å². The molecule has 0 radical (unpaired) electrons. The fraction of sp³-hybridized carbons (Fsp3) is 0.400. The van der Waals surface area contributed by atoms with Gasteiger partial charge in [-0.3, -0.25) is 0 Å². The van der Waals surface area contributed by atoms with E-state index in [1.54, 1.807) is 12.1 Å². The van der Waals surface area contributed by atoms with Crippen molar-refractivity contribution in [1.82, 2.24) is 0 Å². The lowest BCUT2D eigenvalue weighted by atomic mass is 9.90. The van der Waals surface area contributed by atoms with Crippen molar-refractivity contribution in [3.8, 4) is 5.75 Å². The van der Waals surface area contributed by atoms with Crippen LogP contribution in [-0.2, 0) is 12.8 Å². The lowest BCUT2D eigenvalue weighted by molar-refractivity contribution is 0.158. The smallest absolute Gasteiger partial charge is 0.115 e. The Hall–Kier alpha value is -1.02. The minimum absolute atomic E-state index is 0.223. The van der Waals surface area contributed by atoms with Gasteiger partial charge in [0.2, 0.25) is 0 Å². The van der Waals surface area contributed by atoms with Crippen molar-refractivity contribution >= 4 is 0 Å². The maximum absolute atomic E-state index is 9.37. The highest BCUT2D eigenvalue weighted by Crippen LogP contribution is 2.24. The molecule has 2 rings (SSSR count). The molecule has 0 bridgehead atoms. The molecule has 2 nitrogen and oxygen atoms in total. The van der Waals surface area contributed by atoms with Crippen LogP contribution in [0.15, 0.2) is 18.2 Å². The topological polar surface area (TPSA) is 40.5 Å². The number of fused-ring (bicyclic) bond motifs is 1. The number of rotatable bonds is 0. The van der Waals surface area contributed by atoms with Gasteiger partial charge >= 0.3 is 0 Å². The van der Waals surface area contributed by atoms with Crippen LogP contribution in [0.3, 0.4) is 0 Å². The molecule has 0 aliphatic heterocycles. The van der Waals surface area contributed by atoms with Gasteiger partial charge in [0.05, 0.1) is 6.10 Å². The molecule has 0 saturated carbocycles. The third-order valence-electron chi connectivity index (χ3n) is 2.39. The van der Waals surface area contributed by atoms with Gasteiger partial charge in [0.25, 0.3) is 0 Å². The van der Waals surface area contributed by atoms with E-state index in [-0.39, 0.29) is 6.10 Å². The zero-order valence-corrected chi connectivity index (χ0v) is 6.83. The molecule has 1 aromatic rings. The van der Waals surface area contributed by atoms with Gasteiger partial charge in [0, 0.05) is 0 Å². The van der Waals surface area contributed by atoms with E-state index in [2.05, 4.69) is 0 Å². The fourth-order valence-electron chi connectivity index (χ4n) is 1.72. The Labute approximate surface area is 71.5 Å². The van der Waals surface area contributed by atoms with Gasteiger partial charge in [-0.05, 0) is 42.5 Å². The Balaban J connectivity index is 2.37. The molecule has 2 N–H and O–H groups in total. The van der Waals surface area contributed by atoms with Gasteiger partial charge in [-0.1, -0.05) is 6.07 Å². The Morgan fingerprint density at radius 2 is 2.08 bits per heavy atom. The van der Waals surface area contributed by atoms with E-state index in [1.807, 2.05) is 6.07 Å². The Morgan fingerprint density at radius 3 is 2.92 bits per heavy atom. The van der Waals surface area contributed by atoms with Gasteiger partial charge < -0.3 is 10.2 Å². The third-order valence-corrected chi connectivity index (χ3v) is 2.39. The molecule has 64 valence electrons. The number of phenolic OH excluding ortho intramolecular Hbond substituents is 1. The summed E-state index contributed by atoms with van der Waals surface area (Å²) in [7, 11) is 0. The van der Waals surface area contributed by atoms with E-state index < -0.39 is 0 Å². The molecule has 0 fully saturated rings. The maximum atomic E-state index is 9.37. The SMILES string of the molecule is Oc1ccc2c(c1)C[C@@H](O)CC2. The van der Waals surface area contributed by atoms with E-state index in [1.165, 1.54) is 5.56 Å². The fourth-order valence-corrected chi connectivity index (χ4v) is 1.72. The Bertz CT molecular complexity index is 294. The Kier molecular flexibility index (Phi) is 1.77. The molecular formula is C10H12O2. The van der Waals surface area contributed by atoms with Crippen molar-refractivity contribution < 1.29 is 10.2 Å². The molecule has 0 spiro atoms. The number of aliphatic hydroxyl groups excluding tert-OH is 1. The number of aromatic hydroxyl groups is 1. The van der Waals surface area contributed by atoms with Crippen molar-refractivity contribution in [2.45, 2.75) is 25.4 Å². The van der Waals surface area contributed by atoms with E-state index in [4.69, 9.17) is 0 Å². The molecule has 1 atom stereocenters. The summed E-state index contributed by atoms with van der Waals surface area (Å²) in [6.07, 6.45) is 2.23. The number of aryl methyl sites for hydroxylation is 1. The van der Waals surface area contributed by atoms with Gasteiger partial charge in [0.15, 0.2) is 0 Å². The number of hydrogen-bond donors (Lipinski definition) is 2. The first-order chi connectivity index (χ1) is 5.75. The second kappa shape index (κ2) is 2.79. The summed E-state index contributed by atoms with van der Waals surface area (Å²) in [5, 5.41) is 18.6. The van der Waals surface area contributed by atoms with Crippen LogP contribution in [0.25, 0.3) is 0 Å². The predicted octanol–water partition coefficient (Wildman–Crippen LogP) is 1.24. The first-order valence-electron chi connectivity index (χ1n) is 4.24. The number of phenols is 1. The summed E-state index contributed by atoms with van der Waals surface area (Å²) in [6.45, 7) is 0. The lowest BCUT2D eigenvalue weighted by Crippen LogP contribution is -2.18. The van der Waals surface area contributed by atoms with Crippen molar-refractivity contribution in [2.24, 2.45) is 0 Å². The van der Waals surface area contributed by atoms with Crippen LogP contribution in [0.4, 0.5) is 0 Å². The molecule has 1 aliphatic rings. The summed E-state index contributed by atoms with van der Waals surface area (Å²) >= 11 is 0. The van der Waals surface area contributed by atoms with Crippen molar-refractivity contribution in [2.75, 3.05) is 0 Å². The molecule has 2 heteroatoms. The summed E-state index contributed by atoms with van der Waals surface area (Å²) in [6, 6.07) is 5.39. The summed E-state index contributed by atoms with van der Waals surface area (Å²) < 4.78 is 0. The molecule has 0 saturated heterocycles. The maximum Gasteiger partial charge on any atom is 0.115 e. The molecule has 0 unspecified atom stereocenters. The quantitative estimate of drug-likeness (QED) is 0.605. The largest absolute Gasteiger partial charge is 0.508 e. The van der Waals surface area contributed by atoms with Crippen LogP contribution in [0.5, 0.6) is 5.75 Å². The highest BCUT2D eigenvalue weighted by Gasteiger charge is 2.15. The average Bonchev–Trinajstić information content (AvgIpc) is 2.03. The van der Waals surface area contributed by atoms with Crippen molar-refractivity contribution in [3.05, 3.63) is 29.3 Å². The Morgan fingerprint density at radius 1 is 1.25 bits per heavy atom.